The molecule has 1 saturated heterocycles. The van der Waals surface area contributed by atoms with Gasteiger partial charge in [-0.25, -0.2) is 0 Å². The molecule has 0 aliphatic carbocycles. The van der Waals surface area contributed by atoms with Crippen LogP contribution in [0.2, 0.25) is 0 Å². The molecule has 1 aliphatic heterocycles. The van der Waals surface area contributed by atoms with Crippen molar-refractivity contribution in [2.24, 2.45) is 7.05 Å². The predicted octanol–water partition coefficient (Wildman–Crippen LogP) is 2.22. The fourth-order valence-corrected chi connectivity index (χ4v) is 3.82. The molecule has 6 heteroatoms. The normalized spacial score (nSPS) is 18.5. The number of aromatic nitrogens is 2. The Kier molecular flexibility index (Phi) is 5.15. The maximum Gasteiger partial charge on any atom is 0.251 e. The molecule has 0 bridgehead atoms. The lowest BCUT2D eigenvalue weighted by Gasteiger charge is -2.37. The number of carbonyl (C=O) groups excluding carboxylic acids is 1. The van der Waals surface area contributed by atoms with Gasteiger partial charge in [-0.1, -0.05) is 18.2 Å². The SMILES string of the molecule is CN1CCN(C)C(CNC(=O)c2cccc(-c3ccc4c(cnn4C)c3)c2)C1. The molecule has 1 amide bonds. The molecule has 3 aromatic rings. The second-order valence-electron chi connectivity index (χ2n) is 7.73. The molecular weight excluding hydrogens is 350 g/mol. The molecule has 0 saturated carbocycles. The van der Waals surface area contributed by atoms with Gasteiger partial charge in [0.2, 0.25) is 0 Å². The van der Waals surface area contributed by atoms with E-state index in [-0.39, 0.29) is 5.91 Å². The van der Waals surface area contributed by atoms with Gasteiger partial charge in [-0.15, -0.1) is 0 Å². The predicted molar refractivity (Wildman–Crippen MR) is 112 cm³/mol. The van der Waals surface area contributed by atoms with Gasteiger partial charge in [-0.3, -0.25) is 14.4 Å². The lowest BCUT2D eigenvalue weighted by atomic mass is 10.0. The molecule has 1 N–H and O–H groups in total. The lowest BCUT2D eigenvalue weighted by molar-refractivity contribution is 0.0881. The van der Waals surface area contributed by atoms with E-state index in [1.54, 1.807) is 0 Å². The molecule has 6 nitrogen and oxygen atoms in total. The number of likely N-dealkylation sites (N-methyl/N-ethyl adjacent to an activating group) is 2. The Morgan fingerprint density at radius 3 is 2.79 bits per heavy atom. The second-order valence-corrected chi connectivity index (χ2v) is 7.73. The van der Waals surface area contributed by atoms with Crippen molar-refractivity contribution in [3.05, 3.63) is 54.2 Å². The van der Waals surface area contributed by atoms with E-state index in [1.807, 2.05) is 42.2 Å². The maximum absolute atomic E-state index is 12.7. The highest BCUT2D eigenvalue weighted by Gasteiger charge is 2.22. The van der Waals surface area contributed by atoms with Crippen LogP contribution >= 0.6 is 0 Å². The zero-order valence-corrected chi connectivity index (χ0v) is 16.7. The molecule has 1 unspecified atom stereocenters. The number of amides is 1. The topological polar surface area (TPSA) is 53.4 Å². The number of nitrogens with zero attached hydrogens (tertiary/aromatic N) is 4. The number of fused-ring (bicyclic) bond motifs is 1. The van der Waals surface area contributed by atoms with Gasteiger partial charge in [0.15, 0.2) is 0 Å². The van der Waals surface area contributed by atoms with Crippen molar-refractivity contribution < 1.29 is 4.79 Å². The van der Waals surface area contributed by atoms with Gasteiger partial charge in [0, 0.05) is 50.2 Å². The Morgan fingerprint density at radius 2 is 1.93 bits per heavy atom. The van der Waals surface area contributed by atoms with E-state index < -0.39 is 0 Å². The van der Waals surface area contributed by atoms with Crippen molar-refractivity contribution in [1.82, 2.24) is 24.9 Å². The summed E-state index contributed by atoms with van der Waals surface area (Å²) in [5, 5.41) is 8.51. The zero-order chi connectivity index (χ0) is 19.7. The molecule has 2 aromatic carbocycles. The summed E-state index contributed by atoms with van der Waals surface area (Å²) in [4.78, 5) is 17.3. The van der Waals surface area contributed by atoms with Crippen LogP contribution in [0, 0.1) is 0 Å². The number of benzene rings is 2. The average Bonchev–Trinajstić information content (AvgIpc) is 3.09. The monoisotopic (exact) mass is 377 g/mol. The van der Waals surface area contributed by atoms with E-state index in [0.29, 0.717) is 18.2 Å². The summed E-state index contributed by atoms with van der Waals surface area (Å²) in [6, 6.07) is 14.4. The van der Waals surface area contributed by atoms with Gasteiger partial charge >= 0.3 is 0 Å². The van der Waals surface area contributed by atoms with E-state index in [0.717, 1.165) is 41.7 Å². The van der Waals surface area contributed by atoms with E-state index in [1.165, 1.54) is 0 Å². The summed E-state index contributed by atoms with van der Waals surface area (Å²) < 4.78 is 1.86. The molecule has 146 valence electrons. The molecule has 1 aliphatic rings. The van der Waals surface area contributed by atoms with E-state index in [9.17, 15) is 4.79 Å². The van der Waals surface area contributed by atoms with Crippen LogP contribution in [-0.2, 0) is 7.05 Å². The first-order chi connectivity index (χ1) is 13.5. The number of hydrogen-bond acceptors (Lipinski definition) is 4. The van der Waals surface area contributed by atoms with Crippen LogP contribution in [0.15, 0.2) is 48.7 Å². The first-order valence-electron chi connectivity index (χ1n) is 9.70. The van der Waals surface area contributed by atoms with Crippen LogP contribution in [0.3, 0.4) is 0 Å². The number of rotatable bonds is 4. The van der Waals surface area contributed by atoms with Crippen LogP contribution in [0.4, 0.5) is 0 Å². The molecule has 4 rings (SSSR count). The number of aryl methyl sites for hydroxylation is 1. The second kappa shape index (κ2) is 7.73. The number of hydrogen-bond donors (Lipinski definition) is 1. The highest BCUT2D eigenvalue weighted by molar-refractivity contribution is 5.96. The Hall–Kier alpha value is -2.70. The fraction of sp³-hybridized carbons (Fsp3) is 0.364. The third kappa shape index (κ3) is 3.79. The number of piperazine rings is 1. The standard InChI is InChI=1S/C22H27N5O/c1-25-9-10-26(2)20(15-25)14-23-22(28)18-6-4-5-16(11-18)17-7-8-21-19(12-17)13-24-27(21)3/h4-8,11-13,20H,9-10,14-15H2,1-3H3,(H,23,28). The molecule has 1 fully saturated rings. The zero-order valence-electron chi connectivity index (χ0n) is 16.7. The average molecular weight is 377 g/mol. The van der Waals surface area contributed by atoms with Crippen LogP contribution < -0.4 is 5.32 Å². The molecule has 1 aromatic heterocycles. The van der Waals surface area contributed by atoms with Gasteiger partial charge in [0.25, 0.3) is 5.91 Å². The molecule has 1 atom stereocenters. The summed E-state index contributed by atoms with van der Waals surface area (Å²) in [6.45, 7) is 3.74. The quantitative estimate of drug-likeness (QED) is 0.758. The fourth-order valence-electron chi connectivity index (χ4n) is 3.82. The summed E-state index contributed by atoms with van der Waals surface area (Å²) >= 11 is 0. The van der Waals surface area contributed by atoms with Gasteiger partial charge in [0.1, 0.15) is 0 Å². The Bertz CT molecular complexity index is 996. The van der Waals surface area contributed by atoms with Gasteiger partial charge < -0.3 is 10.2 Å². The van der Waals surface area contributed by atoms with Crippen LogP contribution in [0.5, 0.6) is 0 Å². The van der Waals surface area contributed by atoms with Crippen molar-refractivity contribution in [2.75, 3.05) is 40.3 Å². The van der Waals surface area contributed by atoms with Crippen LogP contribution in [-0.4, -0.2) is 71.8 Å². The highest BCUT2D eigenvalue weighted by Crippen LogP contribution is 2.25. The third-order valence-corrected chi connectivity index (χ3v) is 5.68. The summed E-state index contributed by atoms with van der Waals surface area (Å²) in [6.07, 6.45) is 1.87. The van der Waals surface area contributed by atoms with Crippen LogP contribution in [0.1, 0.15) is 10.4 Å². The Morgan fingerprint density at radius 1 is 1.11 bits per heavy atom. The molecular formula is C22H27N5O. The molecule has 2 heterocycles. The van der Waals surface area contributed by atoms with Crippen LogP contribution in [0.25, 0.3) is 22.0 Å². The minimum atomic E-state index is -0.0223. The summed E-state index contributed by atoms with van der Waals surface area (Å²) in [7, 11) is 6.19. The van der Waals surface area contributed by atoms with E-state index >= 15 is 0 Å². The highest BCUT2D eigenvalue weighted by atomic mass is 16.1. The van der Waals surface area contributed by atoms with E-state index in [2.05, 4.69) is 52.5 Å². The molecule has 0 radical (unpaired) electrons. The van der Waals surface area contributed by atoms with Crippen molar-refractivity contribution in [2.45, 2.75) is 6.04 Å². The number of carbonyl (C=O) groups is 1. The van der Waals surface area contributed by atoms with E-state index in [4.69, 9.17) is 0 Å². The Labute approximate surface area is 165 Å². The Balaban J connectivity index is 1.48. The van der Waals surface area contributed by atoms with Gasteiger partial charge in [-0.2, -0.15) is 5.10 Å². The first-order valence-corrected chi connectivity index (χ1v) is 9.70. The maximum atomic E-state index is 12.7. The number of nitrogens with one attached hydrogen (secondary N) is 1. The van der Waals surface area contributed by atoms with Crippen molar-refractivity contribution in [3.63, 3.8) is 0 Å². The summed E-state index contributed by atoms with van der Waals surface area (Å²) in [5.74, 6) is -0.0223. The molecule has 0 spiro atoms. The smallest absolute Gasteiger partial charge is 0.251 e. The minimum Gasteiger partial charge on any atom is -0.350 e. The van der Waals surface area contributed by atoms with Crippen molar-refractivity contribution in [1.29, 1.82) is 0 Å². The lowest BCUT2D eigenvalue weighted by Crippen LogP contribution is -2.54. The largest absolute Gasteiger partial charge is 0.350 e. The van der Waals surface area contributed by atoms with Gasteiger partial charge in [-0.05, 0) is 49.5 Å². The minimum absolute atomic E-state index is 0.0223. The van der Waals surface area contributed by atoms with Gasteiger partial charge in [0.05, 0.1) is 11.7 Å². The first kappa shape index (κ1) is 18.7. The molecule has 28 heavy (non-hydrogen) atoms. The third-order valence-electron chi connectivity index (χ3n) is 5.68. The van der Waals surface area contributed by atoms with Crippen molar-refractivity contribution >= 4 is 16.8 Å². The summed E-state index contributed by atoms with van der Waals surface area (Å²) in [5.41, 5.74) is 3.91. The van der Waals surface area contributed by atoms with Crippen molar-refractivity contribution in [3.8, 4) is 11.1 Å².